The van der Waals surface area contributed by atoms with Gasteiger partial charge in [-0.05, 0) is 53.8 Å². The molecule has 0 fully saturated rings. The van der Waals surface area contributed by atoms with Crippen molar-refractivity contribution >= 4 is 0 Å². The predicted molar refractivity (Wildman–Crippen MR) is 89.6 cm³/mol. The number of methoxy groups -OCH3 is 1. The summed E-state index contributed by atoms with van der Waals surface area (Å²) in [7, 11) is 1.74. The van der Waals surface area contributed by atoms with Crippen LogP contribution in [0.15, 0.2) is 42.5 Å². The van der Waals surface area contributed by atoms with Crippen LogP contribution in [-0.2, 0) is 17.7 Å². The molecule has 0 aliphatic carbocycles. The fraction of sp³-hybridized carbons (Fsp3) is 0.368. The van der Waals surface area contributed by atoms with Gasteiger partial charge in [0.15, 0.2) is 0 Å². The van der Waals surface area contributed by atoms with E-state index in [4.69, 9.17) is 4.74 Å². The number of benzene rings is 2. The molecule has 0 radical (unpaired) electrons. The molecule has 2 aromatic rings. The highest BCUT2D eigenvalue weighted by Crippen LogP contribution is 2.25. The Morgan fingerprint density at radius 3 is 2.38 bits per heavy atom. The van der Waals surface area contributed by atoms with Gasteiger partial charge in [0.2, 0.25) is 0 Å². The molecule has 0 bridgehead atoms. The van der Waals surface area contributed by atoms with Crippen molar-refractivity contribution < 1.29 is 4.74 Å². The molecule has 0 aromatic heterocycles. The van der Waals surface area contributed by atoms with Crippen molar-refractivity contribution in [3.05, 3.63) is 59.2 Å². The van der Waals surface area contributed by atoms with Gasteiger partial charge in [0.05, 0.1) is 6.61 Å². The van der Waals surface area contributed by atoms with Crippen LogP contribution in [0.5, 0.6) is 0 Å². The standard InChI is InChI=1S/C19H25NO/c1-4-20-14-17-6-5-15(2)19(13-17)18-9-7-16(8-10-18)11-12-21-3/h5-10,13,20H,4,11-12,14H2,1-3H3. The minimum Gasteiger partial charge on any atom is -0.384 e. The highest BCUT2D eigenvalue weighted by molar-refractivity contribution is 5.68. The van der Waals surface area contributed by atoms with Gasteiger partial charge in [0.1, 0.15) is 0 Å². The smallest absolute Gasteiger partial charge is 0.0502 e. The first kappa shape index (κ1) is 15.7. The Kier molecular flexibility index (Phi) is 5.97. The normalized spacial score (nSPS) is 10.8. The number of nitrogens with one attached hydrogen (secondary N) is 1. The zero-order valence-electron chi connectivity index (χ0n) is 13.3. The lowest BCUT2D eigenvalue weighted by atomic mass is 9.97. The molecule has 0 saturated carbocycles. The molecule has 2 heteroatoms. The minimum absolute atomic E-state index is 0.774. The maximum Gasteiger partial charge on any atom is 0.0502 e. The maximum atomic E-state index is 5.13. The molecule has 0 aliphatic rings. The highest BCUT2D eigenvalue weighted by Gasteiger charge is 2.04. The molecule has 21 heavy (non-hydrogen) atoms. The van der Waals surface area contributed by atoms with E-state index in [9.17, 15) is 0 Å². The summed E-state index contributed by atoms with van der Waals surface area (Å²) in [6.45, 7) is 7.00. The summed E-state index contributed by atoms with van der Waals surface area (Å²) in [6, 6.07) is 15.5. The third-order valence-electron chi connectivity index (χ3n) is 3.74. The van der Waals surface area contributed by atoms with Gasteiger partial charge in [0.25, 0.3) is 0 Å². The third-order valence-corrected chi connectivity index (χ3v) is 3.74. The Hall–Kier alpha value is -1.64. The lowest BCUT2D eigenvalue weighted by molar-refractivity contribution is 0.202. The molecule has 0 saturated heterocycles. The zero-order valence-corrected chi connectivity index (χ0v) is 13.3. The first-order chi connectivity index (χ1) is 10.2. The molecule has 2 aromatic carbocycles. The molecule has 112 valence electrons. The van der Waals surface area contributed by atoms with Gasteiger partial charge < -0.3 is 10.1 Å². The summed E-state index contributed by atoms with van der Waals surface area (Å²) in [4.78, 5) is 0. The van der Waals surface area contributed by atoms with Crippen molar-refractivity contribution in [2.24, 2.45) is 0 Å². The van der Waals surface area contributed by atoms with E-state index in [1.165, 1.54) is 27.8 Å². The molecular formula is C19H25NO. The molecule has 0 atom stereocenters. The molecule has 0 unspecified atom stereocenters. The second kappa shape index (κ2) is 7.96. The van der Waals surface area contributed by atoms with Crippen LogP contribution in [0.25, 0.3) is 11.1 Å². The first-order valence-electron chi connectivity index (χ1n) is 7.63. The van der Waals surface area contributed by atoms with E-state index < -0.39 is 0 Å². The zero-order chi connectivity index (χ0) is 15.1. The second-order valence-electron chi connectivity index (χ2n) is 5.37. The van der Waals surface area contributed by atoms with E-state index in [1.807, 2.05) is 0 Å². The van der Waals surface area contributed by atoms with Crippen LogP contribution in [0.4, 0.5) is 0 Å². The molecule has 0 aliphatic heterocycles. The van der Waals surface area contributed by atoms with Crippen LogP contribution in [0.1, 0.15) is 23.6 Å². The van der Waals surface area contributed by atoms with Crippen LogP contribution in [-0.4, -0.2) is 20.3 Å². The Balaban J connectivity index is 2.19. The molecule has 0 heterocycles. The Bertz CT molecular complexity index is 560. The van der Waals surface area contributed by atoms with Crippen molar-refractivity contribution in [1.29, 1.82) is 0 Å². The van der Waals surface area contributed by atoms with E-state index in [2.05, 4.69) is 61.6 Å². The molecule has 2 nitrogen and oxygen atoms in total. The SMILES string of the molecule is CCNCc1ccc(C)c(-c2ccc(CCOC)cc2)c1. The van der Waals surface area contributed by atoms with E-state index >= 15 is 0 Å². The van der Waals surface area contributed by atoms with Gasteiger partial charge in [-0.25, -0.2) is 0 Å². The van der Waals surface area contributed by atoms with Crippen LogP contribution < -0.4 is 5.32 Å². The molecular weight excluding hydrogens is 258 g/mol. The lowest BCUT2D eigenvalue weighted by Gasteiger charge is -2.10. The Labute approximate surface area is 128 Å². The lowest BCUT2D eigenvalue weighted by Crippen LogP contribution is -2.11. The summed E-state index contributed by atoms with van der Waals surface area (Å²) < 4.78 is 5.13. The molecule has 2 rings (SSSR count). The van der Waals surface area contributed by atoms with Gasteiger partial charge >= 0.3 is 0 Å². The quantitative estimate of drug-likeness (QED) is 0.830. The van der Waals surface area contributed by atoms with Crippen LogP contribution in [0.2, 0.25) is 0 Å². The van der Waals surface area contributed by atoms with Gasteiger partial charge in [0, 0.05) is 13.7 Å². The van der Waals surface area contributed by atoms with Gasteiger partial charge in [-0.2, -0.15) is 0 Å². The largest absolute Gasteiger partial charge is 0.384 e. The molecule has 0 spiro atoms. The van der Waals surface area contributed by atoms with E-state index in [0.29, 0.717) is 0 Å². The monoisotopic (exact) mass is 283 g/mol. The summed E-state index contributed by atoms with van der Waals surface area (Å²) in [5.74, 6) is 0. The van der Waals surface area contributed by atoms with Gasteiger partial charge in [-0.1, -0.05) is 43.3 Å². The van der Waals surface area contributed by atoms with Crippen molar-refractivity contribution in [3.63, 3.8) is 0 Å². The summed E-state index contributed by atoms with van der Waals surface area (Å²) in [6.07, 6.45) is 0.968. The molecule has 1 N–H and O–H groups in total. The number of hydrogen-bond acceptors (Lipinski definition) is 2. The van der Waals surface area contributed by atoms with Crippen molar-refractivity contribution in [3.8, 4) is 11.1 Å². The second-order valence-corrected chi connectivity index (χ2v) is 5.37. The summed E-state index contributed by atoms with van der Waals surface area (Å²) >= 11 is 0. The number of aryl methyl sites for hydroxylation is 1. The fourth-order valence-electron chi connectivity index (χ4n) is 2.43. The third kappa shape index (κ3) is 4.42. The van der Waals surface area contributed by atoms with E-state index in [1.54, 1.807) is 7.11 Å². The summed E-state index contributed by atoms with van der Waals surface area (Å²) in [5, 5.41) is 3.38. The Morgan fingerprint density at radius 2 is 1.71 bits per heavy atom. The van der Waals surface area contributed by atoms with Crippen LogP contribution in [0, 0.1) is 6.92 Å². The number of hydrogen-bond donors (Lipinski definition) is 1. The average Bonchev–Trinajstić information content (AvgIpc) is 2.53. The van der Waals surface area contributed by atoms with Crippen LogP contribution in [0.3, 0.4) is 0 Å². The number of ether oxygens (including phenoxy) is 1. The molecule has 0 amide bonds. The first-order valence-corrected chi connectivity index (χ1v) is 7.63. The van der Waals surface area contributed by atoms with Gasteiger partial charge in [-0.3, -0.25) is 0 Å². The maximum absolute atomic E-state index is 5.13. The number of rotatable bonds is 7. The average molecular weight is 283 g/mol. The minimum atomic E-state index is 0.774. The van der Waals surface area contributed by atoms with E-state index in [0.717, 1.165) is 26.1 Å². The van der Waals surface area contributed by atoms with Crippen molar-refractivity contribution in [2.75, 3.05) is 20.3 Å². The topological polar surface area (TPSA) is 21.3 Å². The van der Waals surface area contributed by atoms with Gasteiger partial charge in [-0.15, -0.1) is 0 Å². The van der Waals surface area contributed by atoms with Crippen molar-refractivity contribution in [2.45, 2.75) is 26.8 Å². The Morgan fingerprint density at radius 1 is 1.00 bits per heavy atom. The predicted octanol–water partition coefficient (Wildman–Crippen LogP) is 3.96. The summed E-state index contributed by atoms with van der Waals surface area (Å²) in [5.41, 5.74) is 6.58. The van der Waals surface area contributed by atoms with Crippen LogP contribution >= 0.6 is 0 Å². The van der Waals surface area contributed by atoms with E-state index in [-0.39, 0.29) is 0 Å². The highest BCUT2D eigenvalue weighted by atomic mass is 16.5. The fourth-order valence-corrected chi connectivity index (χ4v) is 2.43. The van der Waals surface area contributed by atoms with Crippen molar-refractivity contribution in [1.82, 2.24) is 5.32 Å².